The van der Waals surface area contributed by atoms with Gasteiger partial charge in [0.1, 0.15) is 0 Å². The standard InChI is InChI=1S/C14H24N2O2/c1-12(14(17)18-2)6-10-15-7-4-9-16-8-3-5-13(16)11-15/h6,13H,3-5,7-11H2,1-2H3. The van der Waals surface area contributed by atoms with Crippen LogP contribution in [0.1, 0.15) is 26.2 Å². The van der Waals surface area contributed by atoms with Crippen LogP contribution in [-0.4, -0.2) is 61.6 Å². The van der Waals surface area contributed by atoms with Gasteiger partial charge in [-0.2, -0.15) is 0 Å². The summed E-state index contributed by atoms with van der Waals surface area (Å²) in [4.78, 5) is 16.4. The second-order valence-corrected chi connectivity index (χ2v) is 5.32. The summed E-state index contributed by atoms with van der Waals surface area (Å²) in [5.74, 6) is -0.215. The molecule has 0 saturated carbocycles. The normalized spacial score (nSPS) is 26.8. The Labute approximate surface area is 110 Å². The van der Waals surface area contributed by atoms with Gasteiger partial charge in [0.2, 0.25) is 0 Å². The Morgan fingerprint density at radius 2 is 2.11 bits per heavy atom. The van der Waals surface area contributed by atoms with Crippen LogP contribution in [0.2, 0.25) is 0 Å². The van der Waals surface area contributed by atoms with Gasteiger partial charge < -0.3 is 4.74 Å². The minimum absolute atomic E-state index is 0.215. The molecule has 2 saturated heterocycles. The van der Waals surface area contributed by atoms with E-state index in [2.05, 4.69) is 9.80 Å². The van der Waals surface area contributed by atoms with Crippen LogP contribution in [0.5, 0.6) is 0 Å². The Kier molecular flexibility index (Phi) is 4.78. The minimum Gasteiger partial charge on any atom is -0.466 e. The van der Waals surface area contributed by atoms with E-state index in [9.17, 15) is 4.79 Å². The molecule has 0 aromatic rings. The van der Waals surface area contributed by atoms with Gasteiger partial charge in [0.05, 0.1) is 7.11 Å². The molecular formula is C14H24N2O2. The zero-order valence-electron chi connectivity index (χ0n) is 11.5. The summed E-state index contributed by atoms with van der Waals surface area (Å²) in [6.45, 7) is 7.48. The van der Waals surface area contributed by atoms with Crippen LogP contribution in [-0.2, 0) is 9.53 Å². The number of rotatable bonds is 3. The summed E-state index contributed by atoms with van der Waals surface area (Å²) in [5.41, 5.74) is 0.713. The lowest BCUT2D eigenvalue weighted by Gasteiger charge is -2.24. The number of hydrogen-bond donors (Lipinski definition) is 0. The van der Waals surface area contributed by atoms with Crippen molar-refractivity contribution in [1.82, 2.24) is 9.80 Å². The van der Waals surface area contributed by atoms with Crippen molar-refractivity contribution in [2.24, 2.45) is 0 Å². The maximum absolute atomic E-state index is 11.3. The number of fused-ring (bicyclic) bond motifs is 1. The van der Waals surface area contributed by atoms with Crippen molar-refractivity contribution in [3.05, 3.63) is 11.6 Å². The molecule has 2 rings (SSSR count). The van der Waals surface area contributed by atoms with E-state index in [1.807, 2.05) is 13.0 Å². The number of carbonyl (C=O) groups is 1. The fourth-order valence-corrected chi connectivity index (χ4v) is 2.96. The van der Waals surface area contributed by atoms with Gasteiger partial charge in [0.25, 0.3) is 0 Å². The Morgan fingerprint density at radius 3 is 2.89 bits per heavy atom. The first-order valence-corrected chi connectivity index (χ1v) is 6.92. The molecule has 2 heterocycles. The number of nitrogens with zero attached hydrogens (tertiary/aromatic N) is 2. The van der Waals surface area contributed by atoms with E-state index >= 15 is 0 Å². The molecule has 2 fully saturated rings. The van der Waals surface area contributed by atoms with Crippen molar-refractivity contribution in [3.8, 4) is 0 Å². The monoisotopic (exact) mass is 252 g/mol. The number of esters is 1. The van der Waals surface area contributed by atoms with Crippen molar-refractivity contribution < 1.29 is 9.53 Å². The first-order chi connectivity index (χ1) is 8.70. The molecule has 0 radical (unpaired) electrons. The van der Waals surface area contributed by atoms with Gasteiger partial charge in [-0.15, -0.1) is 0 Å². The van der Waals surface area contributed by atoms with Crippen LogP contribution < -0.4 is 0 Å². The average molecular weight is 252 g/mol. The molecule has 4 nitrogen and oxygen atoms in total. The first kappa shape index (κ1) is 13.6. The van der Waals surface area contributed by atoms with E-state index in [0.717, 1.165) is 25.7 Å². The third kappa shape index (κ3) is 3.33. The highest BCUT2D eigenvalue weighted by atomic mass is 16.5. The van der Waals surface area contributed by atoms with Crippen LogP contribution in [0, 0.1) is 0 Å². The van der Waals surface area contributed by atoms with E-state index in [1.165, 1.54) is 39.5 Å². The third-order valence-electron chi connectivity index (χ3n) is 4.05. The Morgan fingerprint density at radius 1 is 1.33 bits per heavy atom. The molecule has 0 aliphatic carbocycles. The van der Waals surface area contributed by atoms with Crippen LogP contribution in [0.3, 0.4) is 0 Å². The quantitative estimate of drug-likeness (QED) is 0.559. The maximum atomic E-state index is 11.3. The third-order valence-corrected chi connectivity index (χ3v) is 4.05. The van der Waals surface area contributed by atoms with Crippen LogP contribution >= 0.6 is 0 Å². The van der Waals surface area contributed by atoms with Crippen molar-refractivity contribution >= 4 is 5.97 Å². The molecule has 0 spiro atoms. The van der Waals surface area contributed by atoms with Gasteiger partial charge >= 0.3 is 5.97 Å². The fourth-order valence-electron chi connectivity index (χ4n) is 2.96. The highest BCUT2D eigenvalue weighted by Crippen LogP contribution is 2.21. The van der Waals surface area contributed by atoms with Crippen molar-refractivity contribution in [2.45, 2.75) is 32.2 Å². The molecule has 18 heavy (non-hydrogen) atoms. The van der Waals surface area contributed by atoms with Crippen molar-refractivity contribution in [1.29, 1.82) is 0 Å². The lowest BCUT2D eigenvalue weighted by atomic mass is 10.2. The largest absolute Gasteiger partial charge is 0.466 e. The second kappa shape index (κ2) is 6.34. The Hall–Kier alpha value is -0.870. The average Bonchev–Trinajstić information content (AvgIpc) is 2.73. The van der Waals surface area contributed by atoms with Crippen molar-refractivity contribution in [3.63, 3.8) is 0 Å². The second-order valence-electron chi connectivity index (χ2n) is 5.32. The van der Waals surface area contributed by atoms with Crippen molar-refractivity contribution in [2.75, 3.05) is 39.8 Å². The number of ether oxygens (including phenoxy) is 1. The SMILES string of the molecule is COC(=O)C(C)=CCN1CCCN2CCCC2C1. The van der Waals surface area contributed by atoms with Crippen LogP contribution in [0.4, 0.5) is 0 Å². The van der Waals surface area contributed by atoms with E-state index in [4.69, 9.17) is 4.74 Å². The molecule has 1 unspecified atom stereocenters. The predicted molar refractivity (Wildman–Crippen MR) is 71.4 cm³/mol. The van der Waals surface area contributed by atoms with E-state index in [-0.39, 0.29) is 5.97 Å². The smallest absolute Gasteiger partial charge is 0.333 e. The molecule has 102 valence electrons. The van der Waals surface area contributed by atoms with Crippen LogP contribution in [0.25, 0.3) is 0 Å². The molecule has 0 N–H and O–H groups in total. The van der Waals surface area contributed by atoms with Crippen LogP contribution in [0.15, 0.2) is 11.6 Å². The molecule has 0 amide bonds. The molecule has 2 aliphatic rings. The summed E-state index contributed by atoms with van der Waals surface area (Å²) in [7, 11) is 1.43. The number of hydrogen-bond acceptors (Lipinski definition) is 4. The molecular weight excluding hydrogens is 228 g/mol. The molecule has 0 aromatic carbocycles. The summed E-state index contributed by atoms with van der Waals surface area (Å²) in [5, 5.41) is 0. The molecule has 2 aliphatic heterocycles. The lowest BCUT2D eigenvalue weighted by molar-refractivity contribution is -0.136. The zero-order valence-corrected chi connectivity index (χ0v) is 11.5. The number of carbonyl (C=O) groups excluding carboxylic acids is 1. The first-order valence-electron chi connectivity index (χ1n) is 6.92. The Balaban J connectivity index is 1.87. The van der Waals surface area contributed by atoms with Gasteiger partial charge in [-0.1, -0.05) is 6.08 Å². The van der Waals surface area contributed by atoms with Gasteiger partial charge in [-0.25, -0.2) is 4.79 Å². The lowest BCUT2D eigenvalue weighted by Crippen LogP contribution is -2.36. The Bertz CT molecular complexity index is 328. The highest BCUT2D eigenvalue weighted by molar-refractivity contribution is 5.87. The maximum Gasteiger partial charge on any atom is 0.333 e. The van der Waals surface area contributed by atoms with Gasteiger partial charge in [0.15, 0.2) is 0 Å². The number of methoxy groups -OCH3 is 1. The summed E-state index contributed by atoms with van der Waals surface area (Å²) < 4.78 is 4.71. The fraction of sp³-hybridized carbons (Fsp3) is 0.786. The molecule has 0 bridgehead atoms. The summed E-state index contributed by atoms with van der Waals surface area (Å²) in [6.07, 6.45) is 5.91. The minimum atomic E-state index is -0.215. The van der Waals surface area contributed by atoms with E-state index in [0.29, 0.717) is 5.57 Å². The highest BCUT2D eigenvalue weighted by Gasteiger charge is 2.28. The predicted octanol–water partition coefficient (Wildman–Crippen LogP) is 1.28. The van der Waals surface area contributed by atoms with Gasteiger partial charge in [-0.3, -0.25) is 9.80 Å². The molecule has 4 heteroatoms. The molecule has 0 aromatic heterocycles. The van der Waals surface area contributed by atoms with Gasteiger partial charge in [-0.05, 0) is 45.8 Å². The summed E-state index contributed by atoms with van der Waals surface area (Å²) >= 11 is 0. The van der Waals surface area contributed by atoms with Gasteiger partial charge in [0, 0.05) is 24.7 Å². The van der Waals surface area contributed by atoms with E-state index in [1.54, 1.807) is 0 Å². The zero-order chi connectivity index (χ0) is 13.0. The molecule has 1 atom stereocenters. The topological polar surface area (TPSA) is 32.8 Å². The summed E-state index contributed by atoms with van der Waals surface area (Å²) in [6, 6.07) is 0.735. The van der Waals surface area contributed by atoms with E-state index < -0.39 is 0 Å².